The first-order chi connectivity index (χ1) is 11.7. The largest absolute Gasteiger partial charge is 0.368 e. The lowest BCUT2D eigenvalue weighted by Gasteiger charge is -2.17. The van der Waals surface area contributed by atoms with Crippen molar-refractivity contribution in [1.29, 1.82) is 0 Å². The second kappa shape index (κ2) is 10.1. The van der Waals surface area contributed by atoms with Gasteiger partial charge in [-0.15, -0.1) is 5.10 Å². The van der Waals surface area contributed by atoms with Gasteiger partial charge in [0, 0.05) is 31.2 Å². The van der Waals surface area contributed by atoms with E-state index in [0.29, 0.717) is 25.1 Å². The standard InChI is InChI=1S/C16H31N7O2/c1-10(2)19-13(15(17)24)6-5-7-23-9-12(21-22-23)8-14(16(18)25)20-11(3)4/h9-11,13-14,19-20H,5-8H2,1-4H3,(H2,17,24)(H2,18,25). The topological polar surface area (TPSA) is 141 Å². The molecule has 1 rings (SSSR count). The molecule has 1 aromatic heterocycles. The van der Waals surface area contributed by atoms with Crippen LogP contribution in [0.1, 0.15) is 46.2 Å². The zero-order valence-electron chi connectivity index (χ0n) is 15.5. The highest BCUT2D eigenvalue weighted by molar-refractivity contribution is 5.80. The first kappa shape index (κ1) is 21.0. The zero-order chi connectivity index (χ0) is 19.0. The van der Waals surface area contributed by atoms with E-state index in [4.69, 9.17) is 11.5 Å². The molecule has 6 N–H and O–H groups in total. The lowest BCUT2D eigenvalue weighted by atomic mass is 10.1. The van der Waals surface area contributed by atoms with E-state index >= 15 is 0 Å². The maximum Gasteiger partial charge on any atom is 0.234 e. The van der Waals surface area contributed by atoms with Crippen molar-refractivity contribution >= 4 is 11.8 Å². The number of rotatable bonds is 12. The predicted molar refractivity (Wildman–Crippen MR) is 95.5 cm³/mol. The molecule has 1 heterocycles. The average molecular weight is 353 g/mol. The molecule has 0 aliphatic heterocycles. The smallest absolute Gasteiger partial charge is 0.234 e. The van der Waals surface area contributed by atoms with Crippen molar-refractivity contribution in [3.8, 4) is 0 Å². The van der Waals surface area contributed by atoms with Crippen LogP contribution in [0.5, 0.6) is 0 Å². The maximum atomic E-state index is 11.5. The van der Waals surface area contributed by atoms with Crippen LogP contribution in [-0.4, -0.2) is 51.0 Å². The molecule has 1 aromatic rings. The third-order valence-electron chi connectivity index (χ3n) is 3.64. The summed E-state index contributed by atoms with van der Waals surface area (Å²) in [6.07, 6.45) is 3.56. The van der Waals surface area contributed by atoms with Crippen molar-refractivity contribution in [2.24, 2.45) is 11.5 Å². The van der Waals surface area contributed by atoms with Gasteiger partial charge < -0.3 is 22.1 Å². The molecule has 9 nitrogen and oxygen atoms in total. The molecule has 0 radical (unpaired) electrons. The summed E-state index contributed by atoms with van der Waals surface area (Å²) in [5.74, 6) is -0.760. The van der Waals surface area contributed by atoms with Crippen molar-refractivity contribution in [2.75, 3.05) is 0 Å². The van der Waals surface area contributed by atoms with E-state index in [9.17, 15) is 9.59 Å². The van der Waals surface area contributed by atoms with Gasteiger partial charge in [-0.05, 0) is 12.8 Å². The van der Waals surface area contributed by atoms with Crippen LogP contribution in [0.3, 0.4) is 0 Å². The summed E-state index contributed by atoms with van der Waals surface area (Å²) in [4.78, 5) is 22.9. The Kier molecular flexibility index (Phi) is 8.50. The molecular weight excluding hydrogens is 322 g/mol. The minimum absolute atomic E-state index is 0.145. The fourth-order valence-corrected chi connectivity index (χ4v) is 2.56. The molecule has 0 saturated carbocycles. The Morgan fingerprint density at radius 1 is 1.08 bits per heavy atom. The second-order valence-electron chi connectivity index (χ2n) is 6.87. The van der Waals surface area contributed by atoms with E-state index in [-0.39, 0.29) is 24.0 Å². The first-order valence-corrected chi connectivity index (χ1v) is 8.68. The van der Waals surface area contributed by atoms with Gasteiger partial charge in [-0.25, -0.2) is 0 Å². The van der Waals surface area contributed by atoms with Gasteiger partial charge in [-0.2, -0.15) is 0 Å². The number of hydrogen-bond acceptors (Lipinski definition) is 6. The lowest BCUT2D eigenvalue weighted by molar-refractivity contribution is -0.121. The Morgan fingerprint density at radius 3 is 2.16 bits per heavy atom. The second-order valence-corrected chi connectivity index (χ2v) is 6.87. The summed E-state index contributed by atoms with van der Waals surface area (Å²) in [5.41, 5.74) is 11.5. The summed E-state index contributed by atoms with van der Waals surface area (Å²) >= 11 is 0. The molecular formula is C16H31N7O2. The van der Waals surface area contributed by atoms with Crippen molar-refractivity contribution in [1.82, 2.24) is 25.6 Å². The molecule has 0 aliphatic carbocycles. The molecule has 0 bridgehead atoms. The number of nitrogens with zero attached hydrogens (tertiary/aromatic N) is 3. The van der Waals surface area contributed by atoms with Crippen molar-refractivity contribution in [3.05, 3.63) is 11.9 Å². The van der Waals surface area contributed by atoms with E-state index in [2.05, 4.69) is 20.9 Å². The zero-order valence-corrected chi connectivity index (χ0v) is 15.5. The van der Waals surface area contributed by atoms with Gasteiger partial charge in [0.05, 0.1) is 17.8 Å². The molecule has 0 fully saturated rings. The number of carbonyl (C=O) groups excluding carboxylic acids is 2. The summed E-state index contributed by atoms with van der Waals surface area (Å²) in [6.45, 7) is 8.47. The molecule has 0 aromatic carbocycles. The van der Waals surface area contributed by atoms with Crippen LogP contribution < -0.4 is 22.1 Å². The third kappa shape index (κ3) is 8.08. The Morgan fingerprint density at radius 2 is 1.64 bits per heavy atom. The first-order valence-electron chi connectivity index (χ1n) is 8.68. The summed E-state index contributed by atoms with van der Waals surface area (Å²) in [5, 5.41) is 14.4. The molecule has 0 aliphatic rings. The van der Waals surface area contributed by atoms with Crippen LogP contribution in [0, 0.1) is 0 Å². The van der Waals surface area contributed by atoms with E-state index in [1.165, 1.54) is 0 Å². The molecule has 142 valence electrons. The minimum atomic E-state index is -0.473. The summed E-state index contributed by atoms with van der Waals surface area (Å²) in [7, 11) is 0. The number of hydrogen-bond donors (Lipinski definition) is 4. The van der Waals surface area contributed by atoms with Crippen LogP contribution >= 0.6 is 0 Å². The Labute approximate surface area is 148 Å². The van der Waals surface area contributed by atoms with Gasteiger partial charge in [0.1, 0.15) is 0 Å². The molecule has 0 spiro atoms. The number of nitrogens with two attached hydrogens (primary N) is 2. The molecule has 25 heavy (non-hydrogen) atoms. The Bertz CT molecular complexity index is 556. The highest BCUT2D eigenvalue weighted by Gasteiger charge is 2.19. The van der Waals surface area contributed by atoms with Gasteiger partial charge in [0.2, 0.25) is 11.8 Å². The predicted octanol–water partition coefficient (Wildman–Crippen LogP) is -0.695. The van der Waals surface area contributed by atoms with Gasteiger partial charge in [0.25, 0.3) is 0 Å². The van der Waals surface area contributed by atoms with Crippen LogP contribution in [0.4, 0.5) is 0 Å². The highest BCUT2D eigenvalue weighted by Crippen LogP contribution is 2.04. The average Bonchev–Trinajstić information content (AvgIpc) is 2.92. The lowest BCUT2D eigenvalue weighted by Crippen LogP contribution is -2.46. The molecule has 2 atom stereocenters. The van der Waals surface area contributed by atoms with Gasteiger partial charge in [-0.1, -0.05) is 32.9 Å². The molecule has 2 amide bonds. The number of primary amides is 2. The summed E-state index contributed by atoms with van der Waals surface area (Å²) < 4.78 is 1.70. The summed E-state index contributed by atoms with van der Waals surface area (Å²) in [6, 6.07) is -0.487. The minimum Gasteiger partial charge on any atom is -0.368 e. The normalized spacial score (nSPS) is 14.0. The number of carbonyl (C=O) groups is 2. The fraction of sp³-hybridized carbons (Fsp3) is 0.750. The van der Waals surface area contributed by atoms with E-state index < -0.39 is 11.9 Å². The molecule has 2 unspecified atom stereocenters. The van der Waals surface area contributed by atoms with Crippen molar-refractivity contribution in [3.63, 3.8) is 0 Å². The monoisotopic (exact) mass is 353 g/mol. The van der Waals surface area contributed by atoms with Crippen LogP contribution in [0.15, 0.2) is 6.20 Å². The van der Waals surface area contributed by atoms with Gasteiger partial charge in [-0.3, -0.25) is 14.3 Å². The van der Waals surface area contributed by atoms with Crippen LogP contribution in [-0.2, 0) is 22.6 Å². The van der Waals surface area contributed by atoms with Crippen molar-refractivity contribution < 1.29 is 9.59 Å². The number of aromatic nitrogens is 3. The highest BCUT2D eigenvalue weighted by atomic mass is 16.1. The fourth-order valence-electron chi connectivity index (χ4n) is 2.56. The van der Waals surface area contributed by atoms with Gasteiger partial charge in [0.15, 0.2) is 0 Å². The van der Waals surface area contributed by atoms with E-state index in [0.717, 1.165) is 6.42 Å². The number of nitrogens with one attached hydrogen (secondary N) is 2. The molecule has 9 heteroatoms. The van der Waals surface area contributed by atoms with Crippen molar-refractivity contribution in [2.45, 2.75) is 77.7 Å². The van der Waals surface area contributed by atoms with Crippen LogP contribution in [0.25, 0.3) is 0 Å². The van der Waals surface area contributed by atoms with Crippen LogP contribution in [0.2, 0.25) is 0 Å². The Balaban J connectivity index is 2.52. The number of amides is 2. The third-order valence-corrected chi connectivity index (χ3v) is 3.64. The number of aryl methyl sites for hydroxylation is 1. The molecule has 0 saturated heterocycles. The quantitative estimate of drug-likeness (QED) is 0.392. The Hall–Kier alpha value is -2.00. The van der Waals surface area contributed by atoms with E-state index in [1.54, 1.807) is 10.9 Å². The van der Waals surface area contributed by atoms with E-state index in [1.807, 2.05) is 27.7 Å². The maximum absolute atomic E-state index is 11.5. The van der Waals surface area contributed by atoms with Gasteiger partial charge >= 0.3 is 0 Å². The SMILES string of the molecule is CC(C)NC(CCCn1cc(CC(NC(C)C)C(N)=O)nn1)C(N)=O.